The third-order valence-corrected chi connectivity index (χ3v) is 4.04. The molecule has 0 N–H and O–H groups in total. The van der Waals surface area contributed by atoms with Gasteiger partial charge in [0.25, 0.3) is 0 Å². The van der Waals surface area contributed by atoms with Gasteiger partial charge in [-0.3, -0.25) is 0 Å². The van der Waals surface area contributed by atoms with Crippen molar-refractivity contribution in [1.29, 1.82) is 0 Å². The zero-order chi connectivity index (χ0) is 13.1. The molecule has 2 rings (SSSR count). The Balaban J connectivity index is 2.02. The highest BCUT2D eigenvalue weighted by Gasteiger charge is 2.21. The van der Waals surface area contributed by atoms with Crippen LogP contribution in [0.25, 0.3) is 0 Å². The summed E-state index contributed by atoms with van der Waals surface area (Å²) in [6, 6.07) is 3.83. The molecule has 0 saturated carbocycles. The second-order valence-corrected chi connectivity index (χ2v) is 5.70. The lowest BCUT2D eigenvalue weighted by molar-refractivity contribution is 0.395. The zero-order valence-electron chi connectivity index (χ0n) is 10.9. The molecule has 1 aliphatic heterocycles. The zero-order valence-corrected chi connectivity index (χ0v) is 12.4. The van der Waals surface area contributed by atoms with Crippen LogP contribution in [0.2, 0.25) is 5.02 Å². The maximum Gasteiger partial charge on any atom is 0.128 e. The molecule has 1 saturated heterocycles. The van der Waals surface area contributed by atoms with Gasteiger partial charge in [0.2, 0.25) is 0 Å². The topological polar surface area (TPSA) is 19.4 Å². The smallest absolute Gasteiger partial charge is 0.128 e. The van der Waals surface area contributed by atoms with E-state index in [1.165, 1.54) is 19.5 Å². The monoisotopic (exact) mass is 287 g/mol. The molecule has 1 aromatic heterocycles. The Kier molecular flexibility index (Phi) is 4.71. The van der Waals surface area contributed by atoms with Crippen molar-refractivity contribution in [2.45, 2.75) is 12.3 Å². The molecule has 5 heteroatoms. The average Bonchev–Trinajstić information content (AvgIpc) is 2.75. The second kappa shape index (κ2) is 6.09. The Morgan fingerprint density at radius 1 is 1.50 bits per heavy atom. The van der Waals surface area contributed by atoms with Crippen molar-refractivity contribution in [2.24, 2.45) is 5.92 Å². The summed E-state index contributed by atoms with van der Waals surface area (Å²) in [6.45, 7) is 3.39. The Labute approximate surface area is 119 Å². The largest absolute Gasteiger partial charge is 0.359 e. The molecule has 18 heavy (non-hydrogen) atoms. The quantitative estimate of drug-likeness (QED) is 0.794. The maximum absolute atomic E-state index is 6.02. The van der Waals surface area contributed by atoms with Crippen LogP contribution >= 0.6 is 23.2 Å². The Hall–Kier alpha value is -0.510. The minimum Gasteiger partial charge on any atom is -0.359 e. The number of pyridine rings is 1. The van der Waals surface area contributed by atoms with Gasteiger partial charge in [-0.15, -0.1) is 11.6 Å². The number of alkyl halides is 1. The van der Waals surface area contributed by atoms with E-state index in [2.05, 4.69) is 28.9 Å². The van der Waals surface area contributed by atoms with Crippen LogP contribution in [-0.4, -0.2) is 43.6 Å². The van der Waals surface area contributed by atoms with E-state index in [1.807, 2.05) is 12.1 Å². The van der Waals surface area contributed by atoms with Gasteiger partial charge < -0.3 is 9.80 Å². The second-order valence-electron chi connectivity index (χ2n) is 5.03. The first-order chi connectivity index (χ1) is 8.60. The summed E-state index contributed by atoms with van der Waals surface area (Å²) in [5.74, 6) is 2.02. The van der Waals surface area contributed by atoms with Crippen molar-refractivity contribution >= 4 is 29.0 Å². The fraction of sp³-hybridized carbons (Fsp3) is 0.615. The number of rotatable bonds is 4. The highest BCUT2D eigenvalue weighted by atomic mass is 35.5. The van der Waals surface area contributed by atoms with Gasteiger partial charge in [-0.2, -0.15) is 0 Å². The molecular formula is C13H19Cl2N3. The first-order valence-corrected chi connectivity index (χ1v) is 7.12. The minimum atomic E-state index is 0.354. The van der Waals surface area contributed by atoms with Crippen molar-refractivity contribution in [3.05, 3.63) is 22.8 Å². The van der Waals surface area contributed by atoms with Crippen LogP contribution in [0.3, 0.4) is 0 Å². The number of halogens is 2. The Morgan fingerprint density at radius 2 is 2.28 bits per heavy atom. The minimum absolute atomic E-state index is 0.354. The van der Waals surface area contributed by atoms with Gasteiger partial charge in [0.1, 0.15) is 5.82 Å². The number of hydrogen-bond acceptors (Lipinski definition) is 3. The molecule has 1 atom stereocenters. The van der Waals surface area contributed by atoms with Crippen molar-refractivity contribution in [3.63, 3.8) is 0 Å². The molecule has 1 unspecified atom stereocenters. The lowest BCUT2D eigenvalue weighted by atomic mass is 10.1. The van der Waals surface area contributed by atoms with Crippen LogP contribution in [0.5, 0.6) is 0 Å². The van der Waals surface area contributed by atoms with Crippen LogP contribution in [0.1, 0.15) is 12.1 Å². The van der Waals surface area contributed by atoms with Crippen LogP contribution in [0, 0.1) is 5.92 Å². The molecule has 0 aromatic carbocycles. The normalized spacial score (nSPS) is 20.3. The van der Waals surface area contributed by atoms with Gasteiger partial charge in [-0.05, 0) is 38.1 Å². The summed E-state index contributed by atoms with van der Waals surface area (Å²) >= 11 is 11.8. The molecule has 100 valence electrons. The fourth-order valence-corrected chi connectivity index (χ4v) is 2.88. The summed E-state index contributed by atoms with van der Waals surface area (Å²) in [7, 11) is 4.25. The van der Waals surface area contributed by atoms with Crippen LogP contribution in [0.4, 0.5) is 5.82 Å². The number of nitrogens with zero attached hydrogens (tertiary/aromatic N) is 3. The first kappa shape index (κ1) is 13.9. The van der Waals surface area contributed by atoms with E-state index in [4.69, 9.17) is 23.2 Å². The van der Waals surface area contributed by atoms with Gasteiger partial charge in [-0.25, -0.2) is 4.98 Å². The lowest BCUT2D eigenvalue weighted by Gasteiger charge is -2.22. The van der Waals surface area contributed by atoms with Crippen LogP contribution < -0.4 is 4.90 Å². The molecule has 0 radical (unpaired) electrons. The van der Waals surface area contributed by atoms with Crippen molar-refractivity contribution in [1.82, 2.24) is 9.88 Å². The first-order valence-electron chi connectivity index (χ1n) is 6.21. The summed E-state index contributed by atoms with van der Waals surface area (Å²) < 4.78 is 0. The van der Waals surface area contributed by atoms with Gasteiger partial charge in [-0.1, -0.05) is 11.6 Å². The van der Waals surface area contributed by atoms with Crippen LogP contribution in [-0.2, 0) is 5.88 Å². The average molecular weight is 288 g/mol. The van der Waals surface area contributed by atoms with E-state index in [0.29, 0.717) is 10.9 Å². The van der Waals surface area contributed by atoms with E-state index in [0.717, 1.165) is 24.0 Å². The number of anilines is 1. The Bertz CT molecular complexity index is 411. The molecule has 1 aliphatic rings. The fourth-order valence-electron chi connectivity index (χ4n) is 2.44. The molecule has 0 amide bonds. The third kappa shape index (κ3) is 3.28. The summed E-state index contributed by atoms with van der Waals surface area (Å²) in [4.78, 5) is 9.06. The standard InChI is InChI=1S/C13H19Cl2N3/c1-17-6-5-10(8-17)9-18(2)13-4-3-11(15)12(7-14)16-13/h3-4,10H,5-9H2,1-2H3. The predicted octanol–water partition coefficient (Wildman–Crippen LogP) is 2.86. The Morgan fingerprint density at radius 3 is 2.89 bits per heavy atom. The van der Waals surface area contributed by atoms with Gasteiger partial charge >= 0.3 is 0 Å². The molecule has 3 nitrogen and oxygen atoms in total. The molecule has 0 aliphatic carbocycles. The maximum atomic E-state index is 6.02. The van der Waals surface area contributed by atoms with Gasteiger partial charge in [0.15, 0.2) is 0 Å². The van der Waals surface area contributed by atoms with E-state index < -0.39 is 0 Å². The number of hydrogen-bond donors (Lipinski definition) is 0. The van der Waals surface area contributed by atoms with E-state index in [9.17, 15) is 0 Å². The molecule has 1 fully saturated rings. The molecular weight excluding hydrogens is 269 g/mol. The highest BCUT2D eigenvalue weighted by Crippen LogP contribution is 2.22. The summed E-state index contributed by atoms with van der Waals surface area (Å²) in [5, 5.41) is 0.641. The highest BCUT2D eigenvalue weighted by molar-refractivity contribution is 6.32. The predicted molar refractivity (Wildman–Crippen MR) is 77.7 cm³/mol. The van der Waals surface area contributed by atoms with Gasteiger partial charge in [0, 0.05) is 20.1 Å². The molecule has 0 spiro atoms. The SMILES string of the molecule is CN1CCC(CN(C)c2ccc(Cl)c(CCl)n2)C1. The van der Waals surface area contributed by atoms with E-state index >= 15 is 0 Å². The number of aromatic nitrogens is 1. The third-order valence-electron chi connectivity index (χ3n) is 3.44. The number of likely N-dealkylation sites (tertiary alicyclic amines) is 1. The van der Waals surface area contributed by atoms with Crippen LogP contribution in [0.15, 0.2) is 12.1 Å². The summed E-state index contributed by atoms with van der Waals surface area (Å²) in [5.41, 5.74) is 0.756. The lowest BCUT2D eigenvalue weighted by Crippen LogP contribution is -2.28. The molecule has 2 heterocycles. The van der Waals surface area contributed by atoms with Crippen molar-refractivity contribution < 1.29 is 0 Å². The summed E-state index contributed by atoms with van der Waals surface area (Å²) in [6.07, 6.45) is 1.26. The van der Waals surface area contributed by atoms with Crippen molar-refractivity contribution in [2.75, 3.05) is 38.6 Å². The molecule has 0 bridgehead atoms. The van der Waals surface area contributed by atoms with E-state index in [1.54, 1.807) is 0 Å². The van der Waals surface area contributed by atoms with Crippen molar-refractivity contribution in [3.8, 4) is 0 Å². The molecule has 1 aromatic rings. The van der Waals surface area contributed by atoms with E-state index in [-0.39, 0.29) is 0 Å². The van der Waals surface area contributed by atoms with Gasteiger partial charge in [0.05, 0.1) is 16.6 Å².